The zero-order valence-corrected chi connectivity index (χ0v) is 13.5. The van der Waals surface area contributed by atoms with E-state index >= 15 is 0 Å². The smallest absolute Gasteiger partial charge is 0.0595 e. The van der Waals surface area contributed by atoms with E-state index in [1.54, 1.807) is 0 Å². The van der Waals surface area contributed by atoms with Gasteiger partial charge in [-0.3, -0.25) is 0 Å². The van der Waals surface area contributed by atoms with Crippen LogP contribution in [0.15, 0.2) is 18.2 Å². The molecular weight excluding hydrogens is 293 g/mol. The first-order valence-electron chi connectivity index (χ1n) is 7.18. The van der Waals surface area contributed by atoms with E-state index in [0.717, 1.165) is 19.4 Å². The van der Waals surface area contributed by atoms with Crippen LogP contribution in [-0.4, -0.2) is 36.2 Å². The normalized spacial score (nSPS) is 37.4. The average molecular weight is 314 g/mol. The van der Waals surface area contributed by atoms with Crippen LogP contribution < -0.4 is 0 Å². The van der Waals surface area contributed by atoms with Crippen molar-refractivity contribution in [3.63, 3.8) is 0 Å². The molecule has 0 unspecified atom stereocenters. The number of aliphatic hydroxyl groups excluding tert-OH is 1. The lowest BCUT2D eigenvalue weighted by Crippen LogP contribution is -2.56. The van der Waals surface area contributed by atoms with E-state index in [1.807, 2.05) is 12.1 Å². The topological polar surface area (TPSA) is 23.5 Å². The highest BCUT2D eigenvalue weighted by molar-refractivity contribution is 6.42. The maximum Gasteiger partial charge on any atom is 0.0595 e. The van der Waals surface area contributed by atoms with E-state index < -0.39 is 0 Å². The summed E-state index contributed by atoms with van der Waals surface area (Å²) in [5.41, 5.74) is 1.12. The summed E-state index contributed by atoms with van der Waals surface area (Å²) >= 11 is 12.3. The molecule has 1 saturated carbocycles. The Bertz CT molecular complexity index is 535. The third kappa shape index (κ3) is 1.93. The largest absolute Gasteiger partial charge is 0.396 e. The summed E-state index contributed by atoms with van der Waals surface area (Å²) in [6.45, 7) is 3.33. The molecule has 1 saturated heterocycles. The van der Waals surface area contributed by atoms with E-state index in [2.05, 4.69) is 24.9 Å². The SMILES string of the molecule is CN1C[C@@](C)(CO)[C@@]2(c3ccc(Cl)c(Cl)c3)CC[C@@H]1C2. The molecule has 2 nitrogen and oxygen atoms in total. The lowest BCUT2D eigenvalue weighted by molar-refractivity contribution is -0.0145. The van der Waals surface area contributed by atoms with Crippen LogP contribution in [0.4, 0.5) is 0 Å². The minimum Gasteiger partial charge on any atom is -0.396 e. The van der Waals surface area contributed by atoms with Crippen LogP contribution >= 0.6 is 23.2 Å². The van der Waals surface area contributed by atoms with Crippen LogP contribution in [0.5, 0.6) is 0 Å². The highest BCUT2D eigenvalue weighted by Gasteiger charge is 2.57. The Morgan fingerprint density at radius 1 is 1.35 bits per heavy atom. The number of hydrogen-bond acceptors (Lipinski definition) is 2. The summed E-state index contributed by atoms with van der Waals surface area (Å²) in [6, 6.07) is 6.60. The fourth-order valence-electron chi connectivity index (χ4n) is 4.38. The van der Waals surface area contributed by atoms with Gasteiger partial charge in [-0.15, -0.1) is 0 Å². The summed E-state index contributed by atoms with van der Waals surface area (Å²) < 4.78 is 0. The van der Waals surface area contributed by atoms with Crippen molar-refractivity contribution in [2.24, 2.45) is 5.41 Å². The first kappa shape index (κ1) is 14.6. The molecular formula is C16H21Cl2NO. The van der Waals surface area contributed by atoms with Gasteiger partial charge in [-0.1, -0.05) is 36.2 Å². The molecule has 1 aromatic rings. The van der Waals surface area contributed by atoms with Gasteiger partial charge in [0, 0.05) is 23.4 Å². The minimum atomic E-state index is -0.133. The number of likely N-dealkylation sites (tertiary alicyclic amines) is 1. The Morgan fingerprint density at radius 2 is 2.10 bits per heavy atom. The first-order chi connectivity index (χ1) is 9.42. The molecule has 3 rings (SSSR count). The van der Waals surface area contributed by atoms with Crippen LogP contribution in [0.3, 0.4) is 0 Å². The molecule has 110 valence electrons. The molecule has 2 bridgehead atoms. The predicted molar refractivity (Wildman–Crippen MR) is 83.6 cm³/mol. The Labute approximate surface area is 130 Å². The van der Waals surface area contributed by atoms with E-state index in [4.69, 9.17) is 23.2 Å². The van der Waals surface area contributed by atoms with Gasteiger partial charge in [0.2, 0.25) is 0 Å². The van der Waals surface area contributed by atoms with Crippen molar-refractivity contribution in [2.75, 3.05) is 20.2 Å². The summed E-state index contributed by atoms with van der Waals surface area (Å²) in [5.74, 6) is 0. The molecule has 4 heteroatoms. The third-order valence-corrected chi connectivity index (χ3v) is 6.43. The maximum absolute atomic E-state index is 10.1. The van der Waals surface area contributed by atoms with Gasteiger partial charge < -0.3 is 10.0 Å². The fraction of sp³-hybridized carbons (Fsp3) is 0.625. The van der Waals surface area contributed by atoms with Crippen LogP contribution in [0.1, 0.15) is 31.7 Å². The molecule has 0 spiro atoms. The Morgan fingerprint density at radius 3 is 2.75 bits per heavy atom. The quantitative estimate of drug-likeness (QED) is 0.899. The minimum absolute atomic E-state index is 0.0210. The van der Waals surface area contributed by atoms with Gasteiger partial charge >= 0.3 is 0 Å². The van der Waals surface area contributed by atoms with Crippen molar-refractivity contribution in [2.45, 2.75) is 37.6 Å². The molecule has 1 aromatic carbocycles. The van der Waals surface area contributed by atoms with Crippen LogP contribution in [-0.2, 0) is 5.41 Å². The average Bonchev–Trinajstić information content (AvgIpc) is 2.84. The number of rotatable bonds is 2. The number of piperidine rings is 1. The number of nitrogens with zero attached hydrogens (tertiary/aromatic N) is 1. The Hall–Kier alpha value is -0.280. The number of aliphatic hydroxyl groups is 1. The van der Waals surface area contributed by atoms with Crippen molar-refractivity contribution in [1.82, 2.24) is 4.90 Å². The third-order valence-electron chi connectivity index (χ3n) is 5.69. The van der Waals surface area contributed by atoms with E-state index in [0.29, 0.717) is 16.1 Å². The van der Waals surface area contributed by atoms with Crippen molar-refractivity contribution in [3.8, 4) is 0 Å². The van der Waals surface area contributed by atoms with Gasteiger partial charge in [-0.25, -0.2) is 0 Å². The predicted octanol–water partition coefficient (Wildman–Crippen LogP) is 3.73. The van der Waals surface area contributed by atoms with Crippen LogP contribution in [0, 0.1) is 5.41 Å². The van der Waals surface area contributed by atoms with E-state index in [1.165, 1.54) is 12.0 Å². The van der Waals surface area contributed by atoms with Gasteiger partial charge in [0.05, 0.1) is 16.7 Å². The number of hydrogen-bond donors (Lipinski definition) is 1. The molecule has 1 N–H and O–H groups in total. The zero-order chi connectivity index (χ0) is 14.5. The lowest BCUT2D eigenvalue weighted by Gasteiger charge is -2.52. The molecule has 1 aliphatic heterocycles. The van der Waals surface area contributed by atoms with Crippen molar-refractivity contribution in [1.29, 1.82) is 0 Å². The molecule has 0 radical (unpaired) electrons. The summed E-state index contributed by atoms with van der Waals surface area (Å²) in [6.07, 6.45) is 3.39. The number of halogens is 2. The monoisotopic (exact) mass is 313 g/mol. The fourth-order valence-corrected chi connectivity index (χ4v) is 4.68. The summed E-state index contributed by atoms with van der Waals surface area (Å²) in [7, 11) is 2.17. The van der Waals surface area contributed by atoms with Gasteiger partial charge in [0.15, 0.2) is 0 Å². The second-order valence-corrected chi connectivity index (χ2v) is 7.56. The standard InChI is InChI=1S/C16H21Cl2NO/c1-15(10-20)9-19(2)12-5-6-16(15,8-12)11-3-4-13(17)14(18)7-11/h3-4,7,12,20H,5-6,8-10H2,1-2H3/t12-,15+,16+/m1/s1. The molecule has 0 aromatic heterocycles. The Balaban J connectivity index is 2.10. The van der Waals surface area contributed by atoms with Crippen molar-refractivity contribution >= 4 is 23.2 Å². The van der Waals surface area contributed by atoms with Gasteiger partial charge in [-0.2, -0.15) is 0 Å². The van der Waals surface area contributed by atoms with Crippen molar-refractivity contribution in [3.05, 3.63) is 33.8 Å². The van der Waals surface area contributed by atoms with E-state index in [9.17, 15) is 5.11 Å². The van der Waals surface area contributed by atoms with Gasteiger partial charge in [-0.05, 0) is 44.0 Å². The van der Waals surface area contributed by atoms with Crippen molar-refractivity contribution < 1.29 is 5.11 Å². The highest BCUT2D eigenvalue weighted by Crippen LogP contribution is 2.57. The van der Waals surface area contributed by atoms with E-state index in [-0.39, 0.29) is 17.4 Å². The Kier molecular flexibility index (Phi) is 3.57. The summed E-state index contributed by atoms with van der Waals surface area (Å²) in [4.78, 5) is 2.40. The maximum atomic E-state index is 10.1. The molecule has 20 heavy (non-hydrogen) atoms. The van der Waals surface area contributed by atoms with Gasteiger partial charge in [0.1, 0.15) is 0 Å². The molecule has 0 amide bonds. The first-order valence-corrected chi connectivity index (χ1v) is 7.94. The molecule has 1 aliphatic carbocycles. The highest BCUT2D eigenvalue weighted by atomic mass is 35.5. The van der Waals surface area contributed by atoms with Crippen LogP contribution in [0.25, 0.3) is 0 Å². The molecule has 2 fully saturated rings. The summed E-state index contributed by atoms with van der Waals surface area (Å²) in [5, 5.41) is 11.3. The second kappa shape index (κ2) is 4.88. The second-order valence-electron chi connectivity index (χ2n) is 6.74. The number of benzene rings is 1. The molecule has 1 heterocycles. The lowest BCUT2D eigenvalue weighted by atomic mass is 9.58. The van der Waals surface area contributed by atoms with Crippen LogP contribution in [0.2, 0.25) is 10.0 Å². The number of fused-ring (bicyclic) bond motifs is 2. The zero-order valence-electron chi connectivity index (χ0n) is 12.0. The molecule has 2 aliphatic rings. The van der Waals surface area contributed by atoms with Gasteiger partial charge in [0.25, 0.3) is 0 Å². The molecule has 3 atom stereocenters.